The molecule has 1 aliphatic heterocycles. The summed E-state index contributed by atoms with van der Waals surface area (Å²) in [5.74, 6) is 0. The molecule has 0 spiro atoms. The molecule has 1 unspecified atom stereocenters. The van der Waals surface area contributed by atoms with Crippen LogP contribution in [0.1, 0.15) is 39.5 Å². The molecule has 0 aromatic heterocycles. The van der Waals surface area contributed by atoms with Gasteiger partial charge in [-0.1, -0.05) is 6.42 Å². The van der Waals surface area contributed by atoms with E-state index in [9.17, 15) is 0 Å². The average molecular weight is 214 g/mol. The van der Waals surface area contributed by atoms with Gasteiger partial charge in [0.05, 0.1) is 5.60 Å². The fraction of sp³-hybridized carbons (Fsp3) is 1.00. The van der Waals surface area contributed by atoms with E-state index in [1.54, 1.807) is 7.11 Å². The Kier molecular flexibility index (Phi) is 5.03. The molecule has 1 saturated heterocycles. The molecule has 15 heavy (non-hydrogen) atoms. The maximum atomic E-state index is 5.87. The van der Waals surface area contributed by atoms with Crippen LogP contribution in [0.2, 0.25) is 0 Å². The summed E-state index contributed by atoms with van der Waals surface area (Å²) in [6.07, 6.45) is 5.05. The first-order valence-corrected chi connectivity index (χ1v) is 6.08. The molecule has 0 amide bonds. The van der Waals surface area contributed by atoms with E-state index >= 15 is 0 Å². The van der Waals surface area contributed by atoms with Gasteiger partial charge in [0.25, 0.3) is 0 Å². The molecule has 0 aromatic rings. The molecule has 2 N–H and O–H groups in total. The zero-order valence-electron chi connectivity index (χ0n) is 10.5. The normalized spacial score (nSPS) is 21.6. The molecule has 0 radical (unpaired) electrons. The summed E-state index contributed by atoms with van der Waals surface area (Å²) in [6, 6.07) is 0.486. The number of hydrogen-bond donors (Lipinski definition) is 1. The maximum Gasteiger partial charge on any atom is 0.0638 e. The monoisotopic (exact) mass is 214 g/mol. The van der Waals surface area contributed by atoms with Crippen LogP contribution >= 0.6 is 0 Å². The molecule has 0 saturated carbocycles. The van der Waals surface area contributed by atoms with E-state index in [0.717, 1.165) is 13.0 Å². The molecule has 0 aromatic carbocycles. The molecule has 90 valence electrons. The summed E-state index contributed by atoms with van der Waals surface area (Å²) in [5, 5.41) is 0. The van der Waals surface area contributed by atoms with Gasteiger partial charge in [-0.15, -0.1) is 0 Å². The molecule has 0 aliphatic carbocycles. The molecule has 0 bridgehead atoms. The van der Waals surface area contributed by atoms with E-state index in [0.29, 0.717) is 6.04 Å². The van der Waals surface area contributed by atoms with Crippen molar-refractivity contribution >= 4 is 0 Å². The molecular weight excluding hydrogens is 188 g/mol. The third-order valence-electron chi connectivity index (χ3n) is 3.46. The summed E-state index contributed by atoms with van der Waals surface area (Å²) >= 11 is 0. The standard InChI is InChI=1S/C12H26N2O/c1-12(2,15-3)9-11(10-13)14-7-5-4-6-8-14/h11H,4-10,13H2,1-3H3. The Labute approximate surface area is 94.0 Å². The smallest absolute Gasteiger partial charge is 0.0638 e. The SMILES string of the molecule is COC(C)(C)CC(CN)N1CCCCC1. The fourth-order valence-electron chi connectivity index (χ4n) is 2.30. The highest BCUT2D eigenvalue weighted by molar-refractivity contribution is 4.82. The van der Waals surface area contributed by atoms with E-state index in [2.05, 4.69) is 18.7 Å². The van der Waals surface area contributed by atoms with Gasteiger partial charge in [0.15, 0.2) is 0 Å². The minimum absolute atomic E-state index is 0.0541. The van der Waals surface area contributed by atoms with Crippen molar-refractivity contribution in [1.29, 1.82) is 0 Å². The summed E-state index contributed by atoms with van der Waals surface area (Å²) in [4.78, 5) is 2.53. The third kappa shape index (κ3) is 4.09. The molecule has 1 fully saturated rings. The van der Waals surface area contributed by atoms with Crippen molar-refractivity contribution in [2.75, 3.05) is 26.7 Å². The first-order valence-electron chi connectivity index (χ1n) is 6.08. The van der Waals surface area contributed by atoms with Crippen molar-refractivity contribution in [3.63, 3.8) is 0 Å². The second-order valence-corrected chi connectivity index (χ2v) is 5.15. The Bertz CT molecular complexity index is 176. The van der Waals surface area contributed by atoms with Crippen molar-refractivity contribution in [1.82, 2.24) is 4.90 Å². The van der Waals surface area contributed by atoms with Gasteiger partial charge in [-0.2, -0.15) is 0 Å². The Morgan fingerprint density at radius 2 is 1.87 bits per heavy atom. The zero-order valence-corrected chi connectivity index (χ0v) is 10.5. The summed E-state index contributed by atoms with van der Waals surface area (Å²) in [6.45, 7) is 7.44. The summed E-state index contributed by atoms with van der Waals surface area (Å²) < 4.78 is 5.48. The van der Waals surface area contributed by atoms with Gasteiger partial charge < -0.3 is 10.5 Å². The van der Waals surface area contributed by atoms with Crippen LogP contribution in [0.5, 0.6) is 0 Å². The second kappa shape index (κ2) is 5.83. The molecule has 1 aliphatic rings. The Morgan fingerprint density at radius 1 is 1.27 bits per heavy atom. The third-order valence-corrected chi connectivity index (χ3v) is 3.46. The highest BCUT2D eigenvalue weighted by Gasteiger charge is 2.26. The lowest BCUT2D eigenvalue weighted by atomic mass is 9.96. The van der Waals surface area contributed by atoms with Crippen LogP contribution in [0.3, 0.4) is 0 Å². The van der Waals surface area contributed by atoms with Crippen molar-refractivity contribution in [3.05, 3.63) is 0 Å². The van der Waals surface area contributed by atoms with Crippen molar-refractivity contribution in [2.45, 2.75) is 51.2 Å². The first kappa shape index (κ1) is 12.9. The quantitative estimate of drug-likeness (QED) is 0.755. The molecular formula is C12H26N2O. The minimum Gasteiger partial charge on any atom is -0.379 e. The number of nitrogens with two attached hydrogens (primary N) is 1. The van der Waals surface area contributed by atoms with Crippen LogP contribution in [-0.4, -0.2) is 43.3 Å². The van der Waals surface area contributed by atoms with E-state index in [1.807, 2.05) is 0 Å². The predicted molar refractivity (Wildman–Crippen MR) is 64.0 cm³/mol. The van der Waals surface area contributed by atoms with Gasteiger partial charge in [0, 0.05) is 19.7 Å². The number of piperidine rings is 1. The summed E-state index contributed by atoms with van der Waals surface area (Å²) in [5.41, 5.74) is 5.81. The number of methoxy groups -OCH3 is 1. The topological polar surface area (TPSA) is 38.5 Å². The van der Waals surface area contributed by atoms with Gasteiger partial charge in [-0.3, -0.25) is 4.90 Å². The largest absolute Gasteiger partial charge is 0.379 e. The second-order valence-electron chi connectivity index (χ2n) is 5.15. The van der Waals surface area contributed by atoms with E-state index in [4.69, 9.17) is 10.5 Å². The Balaban J connectivity index is 2.46. The lowest BCUT2D eigenvalue weighted by Crippen LogP contribution is -2.47. The van der Waals surface area contributed by atoms with Crippen LogP contribution in [0, 0.1) is 0 Å². The van der Waals surface area contributed by atoms with E-state index < -0.39 is 0 Å². The van der Waals surface area contributed by atoms with E-state index in [1.165, 1.54) is 32.4 Å². The van der Waals surface area contributed by atoms with E-state index in [-0.39, 0.29) is 5.60 Å². The number of rotatable bonds is 5. The van der Waals surface area contributed by atoms with Crippen molar-refractivity contribution in [2.24, 2.45) is 5.73 Å². The van der Waals surface area contributed by atoms with Gasteiger partial charge >= 0.3 is 0 Å². The predicted octanol–water partition coefficient (Wildman–Crippen LogP) is 1.61. The minimum atomic E-state index is -0.0541. The molecule has 1 rings (SSSR count). The molecule has 3 nitrogen and oxygen atoms in total. The van der Waals surface area contributed by atoms with Crippen LogP contribution in [0.15, 0.2) is 0 Å². The Hall–Kier alpha value is -0.120. The molecule has 3 heteroatoms. The maximum absolute atomic E-state index is 5.87. The van der Waals surface area contributed by atoms with Gasteiger partial charge in [-0.05, 0) is 46.2 Å². The van der Waals surface area contributed by atoms with Crippen molar-refractivity contribution < 1.29 is 4.74 Å². The van der Waals surface area contributed by atoms with Crippen LogP contribution in [-0.2, 0) is 4.74 Å². The van der Waals surface area contributed by atoms with Crippen LogP contribution in [0.4, 0.5) is 0 Å². The molecule has 1 atom stereocenters. The zero-order chi connectivity index (χ0) is 11.3. The van der Waals surface area contributed by atoms with Crippen molar-refractivity contribution in [3.8, 4) is 0 Å². The van der Waals surface area contributed by atoms with Crippen LogP contribution in [0.25, 0.3) is 0 Å². The lowest BCUT2D eigenvalue weighted by molar-refractivity contribution is -0.0100. The number of hydrogen-bond acceptors (Lipinski definition) is 3. The average Bonchev–Trinajstić information content (AvgIpc) is 2.27. The van der Waals surface area contributed by atoms with Crippen LogP contribution < -0.4 is 5.73 Å². The van der Waals surface area contributed by atoms with Gasteiger partial charge in [0.2, 0.25) is 0 Å². The highest BCUT2D eigenvalue weighted by Crippen LogP contribution is 2.21. The van der Waals surface area contributed by atoms with Gasteiger partial charge in [-0.25, -0.2) is 0 Å². The number of likely N-dealkylation sites (tertiary alicyclic amines) is 1. The fourth-order valence-corrected chi connectivity index (χ4v) is 2.30. The first-order chi connectivity index (χ1) is 7.09. The summed E-state index contributed by atoms with van der Waals surface area (Å²) in [7, 11) is 1.78. The number of ether oxygens (including phenoxy) is 1. The number of nitrogens with zero attached hydrogens (tertiary/aromatic N) is 1. The lowest BCUT2D eigenvalue weighted by Gasteiger charge is -2.37. The highest BCUT2D eigenvalue weighted by atomic mass is 16.5. The van der Waals surface area contributed by atoms with Gasteiger partial charge in [0.1, 0.15) is 0 Å². The Morgan fingerprint density at radius 3 is 2.33 bits per heavy atom. The molecule has 1 heterocycles.